The lowest BCUT2D eigenvalue weighted by atomic mass is 10.1. The molecule has 0 saturated heterocycles. The summed E-state index contributed by atoms with van der Waals surface area (Å²) in [5, 5.41) is 2.88. The van der Waals surface area contributed by atoms with Crippen LogP contribution in [-0.2, 0) is 11.2 Å². The van der Waals surface area contributed by atoms with E-state index in [-0.39, 0.29) is 11.9 Å². The van der Waals surface area contributed by atoms with Gasteiger partial charge in [0.2, 0.25) is 5.91 Å². The average Bonchev–Trinajstić information content (AvgIpc) is 2.14. The number of aryl methyl sites for hydroxylation is 1. The van der Waals surface area contributed by atoms with Crippen molar-refractivity contribution in [1.29, 1.82) is 0 Å². The maximum atomic E-state index is 11.4. The zero-order valence-electron chi connectivity index (χ0n) is 9.09. The molecule has 0 saturated carbocycles. The maximum Gasteiger partial charge on any atom is 0.220 e. The van der Waals surface area contributed by atoms with Crippen LogP contribution in [0, 0.1) is 0 Å². The lowest BCUT2D eigenvalue weighted by Gasteiger charge is -2.08. The largest absolute Gasteiger partial charge is 0.354 e. The molecule has 3 heteroatoms. The Labute approximate surface area is 99.2 Å². The fourth-order valence-electron chi connectivity index (χ4n) is 1.34. The van der Waals surface area contributed by atoms with E-state index in [4.69, 9.17) is 0 Å². The van der Waals surface area contributed by atoms with Gasteiger partial charge < -0.3 is 5.32 Å². The minimum Gasteiger partial charge on any atom is -0.354 e. The molecule has 1 amide bonds. The SMILES string of the molecule is CC(C)NC(=O)CCc1cccc(Br)c1. The Morgan fingerprint density at radius 1 is 1.47 bits per heavy atom. The molecule has 2 nitrogen and oxygen atoms in total. The topological polar surface area (TPSA) is 29.1 Å². The molecule has 0 fully saturated rings. The molecule has 1 rings (SSSR count). The maximum absolute atomic E-state index is 11.4. The van der Waals surface area contributed by atoms with Crippen LogP contribution in [0.4, 0.5) is 0 Å². The van der Waals surface area contributed by atoms with Crippen LogP contribution in [0.3, 0.4) is 0 Å². The Bertz CT molecular complexity index is 336. The van der Waals surface area contributed by atoms with Crippen LogP contribution in [0.15, 0.2) is 28.7 Å². The molecule has 82 valence electrons. The van der Waals surface area contributed by atoms with Gasteiger partial charge in [-0.15, -0.1) is 0 Å². The molecule has 0 aliphatic rings. The minimum absolute atomic E-state index is 0.116. The molecule has 0 heterocycles. The molecular weight excluding hydrogens is 254 g/mol. The van der Waals surface area contributed by atoms with Crippen molar-refractivity contribution in [2.24, 2.45) is 0 Å². The molecule has 15 heavy (non-hydrogen) atoms. The smallest absolute Gasteiger partial charge is 0.220 e. The van der Waals surface area contributed by atoms with Gasteiger partial charge in [0.25, 0.3) is 0 Å². The van der Waals surface area contributed by atoms with Crippen LogP contribution in [0.1, 0.15) is 25.8 Å². The molecule has 0 aliphatic carbocycles. The number of amides is 1. The molecule has 0 atom stereocenters. The van der Waals surface area contributed by atoms with E-state index in [1.165, 1.54) is 5.56 Å². The fraction of sp³-hybridized carbons (Fsp3) is 0.417. The molecule has 1 aromatic rings. The molecule has 0 aliphatic heterocycles. The van der Waals surface area contributed by atoms with Crippen LogP contribution in [0.2, 0.25) is 0 Å². The van der Waals surface area contributed by atoms with Gasteiger partial charge in [-0.1, -0.05) is 28.1 Å². The van der Waals surface area contributed by atoms with Crippen molar-refractivity contribution >= 4 is 21.8 Å². The van der Waals surface area contributed by atoms with Crippen molar-refractivity contribution in [2.75, 3.05) is 0 Å². The summed E-state index contributed by atoms with van der Waals surface area (Å²) in [5.41, 5.74) is 1.18. The first kappa shape index (κ1) is 12.2. The quantitative estimate of drug-likeness (QED) is 0.895. The van der Waals surface area contributed by atoms with E-state index >= 15 is 0 Å². The first-order valence-corrected chi connectivity index (χ1v) is 5.91. The summed E-state index contributed by atoms with van der Waals surface area (Å²) in [6, 6.07) is 8.27. The summed E-state index contributed by atoms with van der Waals surface area (Å²) < 4.78 is 1.06. The summed E-state index contributed by atoms with van der Waals surface area (Å²) in [7, 11) is 0. The third kappa shape index (κ3) is 4.98. The van der Waals surface area contributed by atoms with Crippen molar-refractivity contribution in [1.82, 2.24) is 5.32 Å². The van der Waals surface area contributed by atoms with Gasteiger partial charge in [-0.05, 0) is 38.0 Å². The summed E-state index contributed by atoms with van der Waals surface area (Å²) >= 11 is 3.41. The van der Waals surface area contributed by atoms with E-state index in [1.54, 1.807) is 0 Å². The number of carbonyl (C=O) groups excluding carboxylic acids is 1. The van der Waals surface area contributed by atoms with E-state index in [1.807, 2.05) is 38.1 Å². The monoisotopic (exact) mass is 269 g/mol. The Kier molecular flexibility index (Phi) is 4.82. The van der Waals surface area contributed by atoms with Gasteiger partial charge in [-0.3, -0.25) is 4.79 Å². The van der Waals surface area contributed by atoms with Crippen molar-refractivity contribution in [3.05, 3.63) is 34.3 Å². The number of hydrogen-bond donors (Lipinski definition) is 1. The van der Waals surface area contributed by atoms with Gasteiger partial charge >= 0.3 is 0 Å². The number of halogens is 1. The Morgan fingerprint density at radius 2 is 2.20 bits per heavy atom. The molecule has 0 spiro atoms. The lowest BCUT2D eigenvalue weighted by molar-refractivity contribution is -0.121. The van der Waals surface area contributed by atoms with E-state index in [0.717, 1.165) is 10.9 Å². The summed E-state index contributed by atoms with van der Waals surface area (Å²) in [6.07, 6.45) is 1.34. The van der Waals surface area contributed by atoms with Gasteiger partial charge in [0.05, 0.1) is 0 Å². The van der Waals surface area contributed by atoms with Crippen LogP contribution < -0.4 is 5.32 Å². The first-order chi connectivity index (χ1) is 7.08. The van der Waals surface area contributed by atoms with Crippen molar-refractivity contribution in [3.8, 4) is 0 Å². The standard InChI is InChI=1S/C12H16BrNO/c1-9(2)14-12(15)7-6-10-4-3-5-11(13)8-10/h3-5,8-9H,6-7H2,1-2H3,(H,14,15). The third-order valence-corrected chi connectivity index (χ3v) is 2.47. The predicted octanol–water partition coefficient (Wildman–Crippen LogP) is 2.91. The van der Waals surface area contributed by atoms with E-state index in [9.17, 15) is 4.79 Å². The number of benzene rings is 1. The second-order valence-corrected chi connectivity index (χ2v) is 4.77. The molecule has 0 bridgehead atoms. The highest BCUT2D eigenvalue weighted by molar-refractivity contribution is 9.10. The Balaban J connectivity index is 2.40. The number of nitrogens with one attached hydrogen (secondary N) is 1. The predicted molar refractivity (Wildman–Crippen MR) is 65.7 cm³/mol. The van der Waals surface area contributed by atoms with Crippen molar-refractivity contribution < 1.29 is 4.79 Å². The van der Waals surface area contributed by atoms with E-state index in [0.29, 0.717) is 6.42 Å². The summed E-state index contributed by atoms with van der Waals surface area (Å²) in [4.78, 5) is 11.4. The van der Waals surface area contributed by atoms with Gasteiger partial charge in [-0.25, -0.2) is 0 Å². The Hall–Kier alpha value is -0.830. The molecule has 1 aromatic carbocycles. The highest BCUT2D eigenvalue weighted by atomic mass is 79.9. The van der Waals surface area contributed by atoms with Crippen LogP contribution in [0.5, 0.6) is 0 Å². The highest BCUT2D eigenvalue weighted by Crippen LogP contribution is 2.12. The second-order valence-electron chi connectivity index (χ2n) is 3.85. The van der Waals surface area contributed by atoms with E-state index < -0.39 is 0 Å². The van der Waals surface area contributed by atoms with Crippen LogP contribution in [0.25, 0.3) is 0 Å². The van der Waals surface area contributed by atoms with Gasteiger partial charge in [0, 0.05) is 16.9 Å². The lowest BCUT2D eigenvalue weighted by Crippen LogP contribution is -2.30. The molecule has 0 radical (unpaired) electrons. The number of carbonyl (C=O) groups is 1. The second kappa shape index (κ2) is 5.91. The average molecular weight is 270 g/mol. The molecule has 1 N–H and O–H groups in total. The zero-order valence-corrected chi connectivity index (χ0v) is 10.7. The van der Waals surface area contributed by atoms with Crippen LogP contribution in [-0.4, -0.2) is 11.9 Å². The van der Waals surface area contributed by atoms with Gasteiger partial charge in [-0.2, -0.15) is 0 Å². The summed E-state index contributed by atoms with van der Waals surface area (Å²) in [6.45, 7) is 3.94. The zero-order chi connectivity index (χ0) is 11.3. The summed E-state index contributed by atoms with van der Waals surface area (Å²) in [5.74, 6) is 0.116. The minimum atomic E-state index is 0.116. The first-order valence-electron chi connectivity index (χ1n) is 5.11. The molecular formula is C12H16BrNO. The normalized spacial score (nSPS) is 10.4. The van der Waals surface area contributed by atoms with E-state index in [2.05, 4.69) is 21.2 Å². The molecule has 0 aromatic heterocycles. The van der Waals surface area contributed by atoms with Gasteiger partial charge in [0.15, 0.2) is 0 Å². The van der Waals surface area contributed by atoms with Crippen molar-refractivity contribution in [3.63, 3.8) is 0 Å². The van der Waals surface area contributed by atoms with Crippen LogP contribution >= 0.6 is 15.9 Å². The third-order valence-electron chi connectivity index (χ3n) is 1.98. The number of rotatable bonds is 4. The van der Waals surface area contributed by atoms with Gasteiger partial charge in [0.1, 0.15) is 0 Å². The Morgan fingerprint density at radius 3 is 2.80 bits per heavy atom. The van der Waals surface area contributed by atoms with Crippen molar-refractivity contribution in [2.45, 2.75) is 32.7 Å². The molecule has 0 unspecified atom stereocenters. The number of hydrogen-bond acceptors (Lipinski definition) is 1. The highest BCUT2D eigenvalue weighted by Gasteiger charge is 2.03. The fourth-order valence-corrected chi connectivity index (χ4v) is 1.79.